The molecule has 1 amide bonds. The minimum absolute atomic E-state index is 0.0273. The van der Waals surface area contributed by atoms with Crippen molar-refractivity contribution in [2.45, 2.75) is 39.7 Å². The van der Waals surface area contributed by atoms with Crippen molar-refractivity contribution in [2.75, 3.05) is 13.7 Å². The molecular weight excluding hydrogens is 394 g/mol. The van der Waals surface area contributed by atoms with Crippen molar-refractivity contribution in [1.82, 2.24) is 5.32 Å². The van der Waals surface area contributed by atoms with Crippen molar-refractivity contribution in [2.24, 2.45) is 5.92 Å². The molecule has 0 aliphatic carbocycles. The molecule has 6 nitrogen and oxygen atoms in total. The van der Waals surface area contributed by atoms with E-state index in [9.17, 15) is 9.59 Å². The molecule has 164 valence electrons. The first-order valence-corrected chi connectivity index (χ1v) is 10.4. The first-order chi connectivity index (χ1) is 14.9. The van der Waals surface area contributed by atoms with Gasteiger partial charge in [-0.1, -0.05) is 38.1 Å². The number of carbonyl (C=O) groups excluding carboxylic acids is 2. The van der Waals surface area contributed by atoms with E-state index in [2.05, 4.69) is 31.3 Å². The topological polar surface area (TPSA) is 77.8 Å². The Kier molecular flexibility index (Phi) is 7.34. The number of carbonyl (C=O) groups is 2. The number of hydrogen-bond donors (Lipinski definition) is 1. The van der Waals surface area contributed by atoms with Crippen molar-refractivity contribution in [3.8, 4) is 5.75 Å². The highest BCUT2D eigenvalue weighted by Crippen LogP contribution is 2.26. The number of fused-ring (bicyclic) bond motifs is 1. The molecular formula is C25H29NO5. The lowest BCUT2D eigenvalue weighted by Crippen LogP contribution is -2.31. The standard InChI is InChI=1S/C25H29NO5/c1-16(2)11-18-5-7-19(8-6-18)17(3)26-24(27)15-31-25(28)12-20-14-30-23-13-21(29-4)9-10-22(20)23/h5-10,13-14,16-17H,11-12,15H2,1-4H3,(H,26,27)/t17-/m1/s1. The van der Waals surface area contributed by atoms with Crippen LogP contribution in [0.2, 0.25) is 0 Å². The second-order valence-electron chi connectivity index (χ2n) is 8.09. The van der Waals surface area contributed by atoms with Gasteiger partial charge in [0.05, 0.1) is 25.8 Å². The van der Waals surface area contributed by atoms with Gasteiger partial charge in [-0.2, -0.15) is 0 Å². The molecule has 31 heavy (non-hydrogen) atoms. The molecule has 0 bridgehead atoms. The summed E-state index contributed by atoms with van der Waals surface area (Å²) in [5.41, 5.74) is 3.62. The van der Waals surface area contributed by atoms with Crippen molar-refractivity contribution in [1.29, 1.82) is 0 Å². The number of ether oxygens (including phenoxy) is 2. The number of amides is 1. The minimum atomic E-state index is -0.487. The zero-order chi connectivity index (χ0) is 22.4. The Morgan fingerprint density at radius 2 is 1.81 bits per heavy atom. The Morgan fingerprint density at radius 1 is 1.06 bits per heavy atom. The fourth-order valence-electron chi connectivity index (χ4n) is 3.46. The highest BCUT2D eigenvalue weighted by atomic mass is 16.5. The summed E-state index contributed by atoms with van der Waals surface area (Å²) in [4.78, 5) is 24.4. The van der Waals surface area contributed by atoms with Crippen LogP contribution in [0, 0.1) is 5.92 Å². The summed E-state index contributed by atoms with van der Waals surface area (Å²) in [5.74, 6) is 0.449. The maximum atomic E-state index is 12.2. The van der Waals surface area contributed by atoms with Gasteiger partial charge in [0, 0.05) is 17.0 Å². The van der Waals surface area contributed by atoms with Crippen LogP contribution in [-0.2, 0) is 27.2 Å². The highest BCUT2D eigenvalue weighted by molar-refractivity contribution is 5.87. The summed E-state index contributed by atoms with van der Waals surface area (Å²) in [6, 6.07) is 13.4. The fraction of sp³-hybridized carbons (Fsp3) is 0.360. The Balaban J connectivity index is 1.48. The highest BCUT2D eigenvalue weighted by Gasteiger charge is 2.15. The lowest BCUT2D eigenvalue weighted by atomic mass is 10.00. The van der Waals surface area contributed by atoms with E-state index < -0.39 is 5.97 Å². The summed E-state index contributed by atoms with van der Waals surface area (Å²) in [6.45, 7) is 5.95. The quantitative estimate of drug-likeness (QED) is 0.509. The molecule has 3 aromatic rings. The lowest BCUT2D eigenvalue weighted by Gasteiger charge is -2.15. The van der Waals surface area contributed by atoms with Gasteiger partial charge in [0.2, 0.25) is 0 Å². The number of methoxy groups -OCH3 is 1. The molecule has 1 N–H and O–H groups in total. The van der Waals surface area contributed by atoms with Gasteiger partial charge in [0.25, 0.3) is 5.91 Å². The van der Waals surface area contributed by atoms with Gasteiger partial charge in [-0.15, -0.1) is 0 Å². The van der Waals surface area contributed by atoms with E-state index >= 15 is 0 Å². The predicted octanol–water partition coefficient (Wildman–Crippen LogP) is 4.60. The third kappa shape index (κ3) is 6.10. The normalized spacial score (nSPS) is 12.0. The lowest BCUT2D eigenvalue weighted by molar-refractivity contribution is -0.148. The van der Waals surface area contributed by atoms with E-state index in [1.54, 1.807) is 19.2 Å². The molecule has 0 aliphatic heterocycles. The van der Waals surface area contributed by atoms with Gasteiger partial charge < -0.3 is 19.2 Å². The molecule has 0 radical (unpaired) electrons. The van der Waals surface area contributed by atoms with Gasteiger partial charge in [-0.25, -0.2) is 0 Å². The first kappa shape index (κ1) is 22.4. The van der Waals surface area contributed by atoms with Gasteiger partial charge in [0.1, 0.15) is 11.3 Å². The van der Waals surface area contributed by atoms with E-state index in [0.717, 1.165) is 17.4 Å². The van der Waals surface area contributed by atoms with Gasteiger partial charge in [0.15, 0.2) is 6.61 Å². The Labute approximate surface area is 182 Å². The van der Waals surface area contributed by atoms with Gasteiger partial charge in [-0.05, 0) is 42.5 Å². The van der Waals surface area contributed by atoms with E-state index in [4.69, 9.17) is 13.9 Å². The fourth-order valence-corrected chi connectivity index (χ4v) is 3.46. The van der Waals surface area contributed by atoms with Crippen LogP contribution in [-0.4, -0.2) is 25.6 Å². The second kappa shape index (κ2) is 10.2. The summed E-state index contributed by atoms with van der Waals surface area (Å²) < 4.78 is 15.8. The average Bonchev–Trinajstić information content (AvgIpc) is 3.14. The van der Waals surface area contributed by atoms with Crippen LogP contribution in [0.5, 0.6) is 5.75 Å². The summed E-state index contributed by atoms with van der Waals surface area (Å²) in [7, 11) is 1.58. The van der Waals surface area contributed by atoms with E-state index in [1.165, 1.54) is 11.8 Å². The molecule has 0 fully saturated rings. The molecule has 2 aromatic carbocycles. The molecule has 0 saturated heterocycles. The molecule has 1 atom stereocenters. The molecule has 0 saturated carbocycles. The summed E-state index contributed by atoms with van der Waals surface area (Å²) >= 11 is 0. The minimum Gasteiger partial charge on any atom is -0.497 e. The first-order valence-electron chi connectivity index (χ1n) is 10.4. The third-order valence-corrected chi connectivity index (χ3v) is 5.06. The summed E-state index contributed by atoms with van der Waals surface area (Å²) in [6.07, 6.45) is 2.58. The molecule has 6 heteroatoms. The molecule has 1 aromatic heterocycles. The Morgan fingerprint density at radius 3 is 2.48 bits per heavy atom. The van der Waals surface area contributed by atoms with E-state index in [0.29, 0.717) is 22.8 Å². The Bertz CT molecular complexity index is 1040. The molecule has 1 heterocycles. The zero-order valence-electron chi connectivity index (χ0n) is 18.4. The third-order valence-electron chi connectivity index (χ3n) is 5.06. The average molecular weight is 424 g/mol. The van der Waals surface area contributed by atoms with Crippen LogP contribution < -0.4 is 10.1 Å². The number of benzene rings is 2. The van der Waals surface area contributed by atoms with E-state index in [-0.39, 0.29) is 25.0 Å². The van der Waals surface area contributed by atoms with Crippen LogP contribution in [0.25, 0.3) is 11.0 Å². The number of esters is 1. The maximum absolute atomic E-state index is 12.2. The SMILES string of the molecule is COc1ccc2c(CC(=O)OCC(=O)N[C@H](C)c3ccc(CC(C)C)cc3)coc2c1. The van der Waals surface area contributed by atoms with Crippen LogP contribution in [0.4, 0.5) is 0 Å². The van der Waals surface area contributed by atoms with Crippen molar-refractivity contribution in [3.63, 3.8) is 0 Å². The van der Waals surface area contributed by atoms with Crippen molar-refractivity contribution < 1.29 is 23.5 Å². The number of hydrogen-bond acceptors (Lipinski definition) is 5. The predicted molar refractivity (Wildman–Crippen MR) is 119 cm³/mol. The zero-order valence-corrected chi connectivity index (χ0v) is 18.4. The smallest absolute Gasteiger partial charge is 0.310 e. The van der Waals surface area contributed by atoms with Gasteiger partial charge >= 0.3 is 5.97 Å². The molecule has 0 spiro atoms. The number of furan rings is 1. The molecule has 3 rings (SSSR count). The van der Waals surface area contributed by atoms with Gasteiger partial charge in [-0.3, -0.25) is 9.59 Å². The largest absolute Gasteiger partial charge is 0.497 e. The number of rotatable bonds is 9. The van der Waals surface area contributed by atoms with Crippen molar-refractivity contribution >= 4 is 22.8 Å². The maximum Gasteiger partial charge on any atom is 0.310 e. The van der Waals surface area contributed by atoms with Crippen molar-refractivity contribution in [3.05, 3.63) is 65.4 Å². The van der Waals surface area contributed by atoms with Crippen LogP contribution in [0.1, 0.15) is 43.5 Å². The monoisotopic (exact) mass is 423 g/mol. The van der Waals surface area contributed by atoms with Crippen LogP contribution >= 0.6 is 0 Å². The van der Waals surface area contributed by atoms with Crippen LogP contribution in [0.15, 0.2) is 53.1 Å². The van der Waals surface area contributed by atoms with Crippen LogP contribution in [0.3, 0.4) is 0 Å². The number of nitrogens with one attached hydrogen (secondary N) is 1. The summed E-state index contributed by atoms with van der Waals surface area (Å²) in [5, 5.41) is 3.68. The molecule has 0 unspecified atom stereocenters. The van der Waals surface area contributed by atoms with E-state index in [1.807, 2.05) is 25.1 Å². The molecule has 0 aliphatic rings. The second-order valence-corrected chi connectivity index (χ2v) is 8.09. The Hall–Kier alpha value is -3.28.